The van der Waals surface area contributed by atoms with Crippen LogP contribution < -0.4 is 5.19 Å². The van der Waals surface area contributed by atoms with E-state index in [-0.39, 0.29) is 0 Å². The highest BCUT2D eigenvalue weighted by molar-refractivity contribution is 6.89. The Kier molecular flexibility index (Phi) is 4.18. The van der Waals surface area contributed by atoms with Gasteiger partial charge in [-0.3, -0.25) is 4.98 Å². The number of hydrogen-bond donors (Lipinski definition) is 0. The van der Waals surface area contributed by atoms with Gasteiger partial charge in [0.25, 0.3) is 0 Å². The molecule has 0 radical (unpaired) electrons. The van der Waals surface area contributed by atoms with Gasteiger partial charge in [-0.25, -0.2) is 0 Å². The van der Waals surface area contributed by atoms with Gasteiger partial charge in [-0.05, 0) is 18.6 Å². The first kappa shape index (κ1) is 15.7. The molecule has 1 aromatic heterocycles. The van der Waals surface area contributed by atoms with E-state index in [2.05, 4.69) is 74.0 Å². The standard InChI is InChI=1S/C21H23NSi/c1-16-14-18(11-13-21(16)23(2,3)4)19-10-12-20(22-15-19)17-8-6-5-7-9-17/h5-15H,1-4H3. The van der Waals surface area contributed by atoms with Crippen molar-refractivity contribution in [2.75, 3.05) is 0 Å². The lowest BCUT2D eigenvalue weighted by Gasteiger charge is -2.20. The smallest absolute Gasteiger partial charge is 0.0779 e. The van der Waals surface area contributed by atoms with Gasteiger partial charge >= 0.3 is 0 Å². The SMILES string of the molecule is Cc1cc(-c2ccc(-c3ccccc3)nc2)ccc1[Si](C)(C)C. The highest BCUT2D eigenvalue weighted by Crippen LogP contribution is 2.23. The van der Waals surface area contributed by atoms with E-state index in [9.17, 15) is 0 Å². The summed E-state index contributed by atoms with van der Waals surface area (Å²) in [5.74, 6) is 0. The van der Waals surface area contributed by atoms with Crippen molar-refractivity contribution in [3.63, 3.8) is 0 Å². The van der Waals surface area contributed by atoms with Gasteiger partial charge < -0.3 is 0 Å². The summed E-state index contributed by atoms with van der Waals surface area (Å²) in [5, 5.41) is 1.54. The molecule has 1 heterocycles. The Labute approximate surface area is 140 Å². The second-order valence-electron chi connectivity index (χ2n) is 7.08. The second-order valence-corrected chi connectivity index (χ2v) is 12.1. The van der Waals surface area contributed by atoms with E-state index in [0.29, 0.717) is 0 Å². The summed E-state index contributed by atoms with van der Waals surface area (Å²) in [5.41, 5.74) is 5.99. The van der Waals surface area contributed by atoms with Crippen molar-refractivity contribution in [2.45, 2.75) is 26.6 Å². The normalized spacial score (nSPS) is 11.5. The minimum Gasteiger partial charge on any atom is -0.256 e. The fourth-order valence-electron chi connectivity index (χ4n) is 3.03. The van der Waals surface area contributed by atoms with Crippen molar-refractivity contribution in [2.24, 2.45) is 0 Å². The van der Waals surface area contributed by atoms with Crippen molar-refractivity contribution < 1.29 is 0 Å². The molecule has 3 aromatic rings. The fourth-order valence-corrected chi connectivity index (χ4v) is 4.87. The zero-order valence-corrected chi connectivity index (χ0v) is 15.3. The lowest BCUT2D eigenvalue weighted by Crippen LogP contribution is -2.39. The number of benzene rings is 2. The van der Waals surface area contributed by atoms with Gasteiger partial charge in [0.15, 0.2) is 0 Å². The van der Waals surface area contributed by atoms with Crippen LogP contribution in [0.2, 0.25) is 19.6 Å². The van der Waals surface area contributed by atoms with Gasteiger partial charge in [-0.2, -0.15) is 0 Å². The van der Waals surface area contributed by atoms with Gasteiger partial charge in [0.2, 0.25) is 0 Å². The van der Waals surface area contributed by atoms with Crippen molar-refractivity contribution in [3.8, 4) is 22.4 Å². The van der Waals surface area contributed by atoms with Crippen LogP contribution in [0, 0.1) is 6.92 Å². The molecule has 0 spiro atoms. The molecule has 0 aliphatic rings. The first-order valence-electron chi connectivity index (χ1n) is 8.08. The van der Waals surface area contributed by atoms with Crippen molar-refractivity contribution >= 4 is 13.3 Å². The minimum atomic E-state index is -1.27. The first-order valence-corrected chi connectivity index (χ1v) is 11.6. The summed E-state index contributed by atoms with van der Waals surface area (Å²) in [7, 11) is -1.27. The fraction of sp³-hybridized carbons (Fsp3) is 0.190. The zero-order chi connectivity index (χ0) is 16.4. The molecule has 1 nitrogen and oxygen atoms in total. The van der Waals surface area contributed by atoms with Gasteiger partial charge in [0.1, 0.15) is 0 Å². The third-order valence-electron chi connectivity index (χ3n) is 4.20. The number of rotatable bonds is 3. The molecule has 0 saturated carbocycles. The van der Waals surface area contributed by atoms with Crippen LogP contribution in [0.1, 0.15) is 5.56 Å². The highest BCUT2D eigenvalue weighted by Gasteiger charge is 2.18. The van der Waals surface area contributed by atoms with Crippen molar-refractivity contribution in [1.82, 2.24) is 4.98 Å². The largest absolute Gasteiger partial charge is 0.256 e. The molecule has 0 bridgehead atoms. The Balaban J connectivity index is 1.93. The van der Waals surface area contributed by atoms with E-state index in [4.69, 9.17) is 0 Å². The molecule has 0 atom stereocenters. The Morgan fingerprint density at radius 3 is 2.00 bits per heavy atom. The maximum atomic E-state index is 4.63. The van der Waals surface area contributed by atoms with E-state index < -0.39 is 8.07 Å². The Bertz CT molecular complexity index is 799. The average molecular weight is 318 g/mol. The van der Waals surface area contributed by atoms with Gasteiger partial charge in [0.05, 0.1) is 13.8 Å². The molecule has 0 unspecified atom stereocenters. The molecule has 2 heteroatoms. The predicted molar refractivity (Wildman–Crippen MR) is 103 cm³/mol. The van der Waals surface area contributed by atoms with Crippen LogP contribution in [0.5, 0.6) is 0 Å². The molecule has 2 aromatic carbocycles. The van der Waals surface area contributed by atoms with Crippen LogP contribution in [-0.4, -0.2) is 13.1 Å². The average Bonchev–Trinajstić information content (AvgIpc) is 2.54. The van der Waals surface area contributed by atoms with E-state index in [1.165, 1.54) is 21.9 Å². The number of pyridine rings is 1. The lowest BCUT2D eigenvalue weighted by molar-refractivity contribution is 1.32. The van der Waals surface area contributed by atoms with Gasteiger partial charge in [-0.1, -0.05) is 85.0 Å². The summed E-state index contributed by atoms with van der Waals surface area (Å²) in [4.78, 5) is 4.63. The third-order valence-corrected chi connectivity index (χ3v) is 6.38. The molecular weight excluding hydrogens is 294 g/mol. The summed E-state index contributed by atoms with van der Waals surface area (Å²) >= 11 is 0. The first-order chi connectivity index (χ1) is 10.9. The molecular formula is C21H23NSi. The molecule has 0 aliphatic carbocycles. The Hall–Kier alpha value is -2.19. The summed E-state index contributed by atoms with van der Waals surface area (Å²) < 4.78 is 0. The van der Waals surface area contributed by atoms with Crippen molar-refractivity contribution in [3.05, 3.63) is 72.4 Å². The van der Waals surface area contributed by atoms with E-state index in [1.807, 2.05) is 24.4 Å². The number of hydrogen-bond acceptors (Lipinski definition) is 1. The van der Waals surface area contributed by atoms with E-state index >= 15 is 0 Å². The monoisotopic (exact) mass is 317 g/mol. The molecule has 0 fully saturated rings. The predicted octanol–water partition coefficient (Wildman–Crippen LogP) is 5.27. The minimum absolute atomic E-state index is 1.02. The maximum absolute atomic E-state index is 4.63. The second kappa shape index (κ2) is 6.13. The Morgan fingerprint density at radius 2 is 1.43 bits per heavy atom. The number of nitrogens with zero attached hydrogens (tertiary/aromatic N) is 1. The van der Waals surface area contributed by atoms with Gasteiger partial charge in [0, 0.05) is 17.3 Å². The summed E-state index contributed by atoms with van der Waals surface area (Å²) in [6.45, 7) is 9.41. The topological polar surface area (TPSA) is 12.9 Å². The number of aromatic nitrogens is 1. The molecule has 0 aliphatic heterocycles. The van der Waals surface area contributed by atoms with E-state index in [0.717, 1.165) is 11.3 Å². The van der Waals surface area contributed by atoms with Crippen LogP contribution in [0.15, 0.2) is 66.9 Å². The molecule has 0 saturated heterocycles. The van der Waals surface area contributed by atoms with Crippen molar-refractivity contribution in [1.29, 1.82) is 0 Å². The molecule has 23 heavy (non-hydrogen) atoms. The molecule has 3 rings (SSSR count). The van der Waals surface area contributed by atoms with E-state index in [1.54, 1.807) is 0 Å². The summed E-state index contributed by atoms with van der Waals surface area (Å²) in [6.07, 6.45) is 1.98. The quantitative estimate of drug-likeness (QED) is 0.600. The zero-order valence-electron chi connectivity index (χ0n) is 14.3. The van der Waals surface area contributed by atoms with Gasteiger partial charge in [-0.15, -0.1) is 0 Å². The molecule has 0 amide bonds. The van der Waals surface area contributed by atoms with Crippen LogP contribution in [0.4, 0.5) is 0 Å². The van der Waals surface area contributed by atoms with Crippen LogP contribution >= 0.6 is 0 Å². The maximum Gasteiger partial charge on any atom is 0.0779 e. The third kappa shape index (κ3) is 3.43. The lowest BCUT2D eigenvalue weighted by atomic mass is 10.0. The number of aryl methyl sites for hydroxylation is 1. The van der Waals surface area contributed by atoms with Crippen LogP contribution in [0.25, 0.3) is 22.4 Å². The Morgan fingerprint density at radius 1 is 0.739 bits per heavy atom. The highest BCUT2D eigenvalue weighted by atomic mass is 28.3. The molecule has 116 valence electrons. The van der Waals surface area contributed by atoms with Crippen LogP contribution in [0.3, 0.4) is 0 Å². The molecule has 0 N–H and O–H groups in total. The van der Waals surface area contributed by atoms with Crippen LogP contribution in [-0.2, 0) is 0 Å². The summed E-state index contributed by atoms with van der Waals surface area (Å²) in [6, 6.07) is 21.4.